The molecule has 2 aromatic rings. The van der Waals surface area contributed by atoms with Gasteiger partial charge in [-0.1, -0.05) is 0 Å². The third-order valence-corrected chi connectivity index (χ3v) is 3.89. The highest BCUT2D eigenvalue weighted by molar-refractivity contribution is 5.96. The van der Waals surface area contributed by atoms with Crippen LogP contribution in [0, 0.1) is 11.3 Å². The van der Waals surface area contributed by atoms with Gasteiger partial charge in [-0.15, -0.1) is 0 Å². The molecule has 0 radical (unpaired) electrons. The highest BCUT2D eigenvalue weighted by Gasteiger charge is 2.19. The lowest BCUT2D eigenvalue weighted by atomic mass is 10.1. The van der Waals surface area contributed by atoms with Crippen molar-refractivity contribution in [1.29, 1.82) is 5.26 Å². The van der Waals surface area contributed by atoms with Gasteiger partial charge in [0.25, 0.3) is 5.91 Å². The van der Waals surface area contributed by atoms with Crippen molar-refractivity contribution < 1.29 is 28.6 Å². The number of anilines is 1. The summed E-state index contributed by atoms with van der Waals surface area (Å²) >= 11 is 0. The molecule has 1 N–H and O–H groups in total. The summed E-state index contributed by atoms with van der Waals surface area (Å²) in [6, 6.07) is 12.5. The van der Waals surface area contributed by atoms with Gasteiger partial charge < -0.3 is 19.5 Å². The Morgan fingerprint density at radius 1 is 0.967 bits per heavy atom. The fraction of sp³-hybridized carbons (Fsp3) is 0.273. The number of hydrogen-bond acceptors (Lipinski definition) is 7. The molecule has 30 heavy (non-hydrogen) atoms. The maximum Gasteiger partial charge on any atom is 0.338 e. The average molecular weight is 410 g/mol. The largest absolute Gasteiger partial charge is 0.481 e. The molecule has 0 heterocycles. The summed E-state index contributed by atoms with van der Waals surface area (Å²) in [6.45, 7) is 5.20. The highest BCUT2D eigenvalue weighted by Crippen LogP contribution is 2.21. The van der Waals surface area contributed by atoms with Crippen LogP contribution in [-0.2, 0) is 14.3 Å². The molecule has 0 aliphatic carbocycles. The van der Waals surface area contributed by atoms with E-state index in [1.54, 1.807) is 38.1 Å². The molecule has 8 nitrogen and oxygen atoms in total. The van der Waals surface area contributed by atoms with Crippen molar-refractivity contribution in [3.05, 3.63) is 59.2 Å². The second-order valence-corrected chi connectivity index (χ2v) is 6.13. The molecule has 0 aliphatic rings. The Bertz CT molecular complexity index is 926. The summed E-state index contributed by atoms with van der Waals surface area (Å²) in [4.78, 5) is 36.7. The molecule has 0 fully saturated rings. The van der Waals surface area contributed by atoms with Crippen LogP contribution in [0.25, 0.3) is 0 Å². The van der Waals surface area contributed by atoms with E-state index in [9.17, 15) is 14.4 Å². The van der Waals surface area contributed by atoms with Crippen LogP contribution in [0.1, 0.15) is 47.1 Å². The van der Waals surface area contributed by atoms with Gasteiger partial charge in [0, 0.05) is 5.69 Å². The van der Waals surface area contributed by atoms with E-state index in [-0.39, 0.29) is 30.1 Å². The zero-order chi connectivity index (χ0) is 22.1. The van der Waals surface area contributed by atoms with Gasteiger partial charge >= 0.3 is 11.9 Å². The number of ether oxygens (including phenoxy) is 3. The van der Waals surface area contributed by atoms with Gasteiger partial charge in [0.15, 0.2) is 6.10 Å². The van der Waals surface area contributed by atoms with Crippen molar-refractivity contribution in [2.75, 3.05) is 18.5 Å². The normalized spacial score (nSPS) is 11.0. The Morgan fingerprint density at radius 2 is 1.50 bits per heavy atom. The van der Waals surface area contributed by atoms with Crippen LogP contribution >= 0.6 is 0 Å². The number of nitriles is 1. The quantitative estimate of drug-likeness (QED) is 0.664. The van der Waals surface area contributed by atoms with Gasteiger partial charge in [-0.05, 0) is 63.2 Å². The van der Waals surface area contributed by atoms with Gasteiger partial charge in [-0.2, -0.15) is 5.26 Å². The van der Waals surface area contributed by atoms with Crippen LogP contribution < -0.4 is 10.1 Å². The van der Waals surface area contributed by atoms with Gasteiger partial charge in [0.05, 0.1) is 36.0 Å². The van der Waals surface area contributed by atoms with E-state index in [1.165, 1.54) is 25.1 Å². The fourth-order valence-corrected chi connectivity index (χ4v) is 2.46. The summed E-state index contributed by atoms with van der Waals surface area (Å²) in [7, 11) is 0. The Morgan fingerprint density at radius 3 is 1.97 bits per heavy atom. The Kier molecular flexibility index (Phi) is 7.94. The molecule has 8 heteroatoms. The lowest BCUT2D eigenvalue weighted by molar-refractivity contribution is -0.122. The maximum absolute atomic E-state index is 12.4. The lowest BCUT2D eigenvalue weighted by Crippen LogP contribution is -2.30. The highest BCUT2D eigenvalue weighted by atomic mass is 16.5. The minimum Gasteiger partial charge on any atom is -0.481 e. The number of hydrogen-bond donors (Lipinski definition) is 1. The van der Waals surface area contributed by atoms with E-state index in [0.717, 1.165) is 0 Å². The van der Waals surface area contributed by atoms with E-state index in [0.29, 0.717) is 11.3 Å². The van der Waals surface area contributed by atoms with Crippen LogP contribution in [0.15, 0.2) is 42.5 Å². The Balaban J connectivity index is 2.19. The molecule has 0 unspecified atom stereocenters. The maximum atomic E-state index is 12.4. The van der Waals surface area contributed by atoms with Crippen molar-refractivity contribution in [2.45, 2.75) is 26.9 Å². The first-order chi connectivity index (χ1) is 14.4. The minimum absolute atomic E-state index is 0.108. The second kappa shape index (κ2) is 10.6. The molecule has 0 aromatic heterocycles. The van der Waals surface area contributed by atoms with E-state index in [1.807, 2.05) is 6.07 Å². The SMILES string of the molecule is CCOC(=O)c1cc(O[C@H](C)C(=O)Nc2ccc(C#N)cc2)cc(C(=O)OCC)c1. The number of rotatable bonds is 8. The molecule has 0 saturated carbocycles. The predicted molar refractivity (Wildman–Crippen MR) is 108 cm³/mol. The Labute approximate surface area is 174 Å². The van der Waals surface area contributed by atoms with Crippen LogP contribution in [0.4, 0.5) is 5.69 Å². The molecule has 1 amide bonds. The molecular formula is C22H22N2O6. The number of amides is 1. The zero-order valence-corrected chi connectivity index (χ0v) is 16.9. The van der Waals surface area contributed by atoms with Gasteiger partial charge in [-0.25, -0.2) is 9.59 Å². The molecule has 2 rings (SSSR count). The van der Waals surface area contributed by atoms with Crippen molar-refractivity contribution in [2.24, 2.45) is 0 Å². The van der Waals surface area contributed by atoms with E-state index >= 15 is 0 Å². The lowest BCUT2D eigenvalue weighted by Gasteiger charge is -2.16. The zero-order valence-electron chi connectivity index (χ0n) is 16.9. The topological polar surface area (TPSA) is 115 Å². The third kappa shape index (κ3) is 6.07. The summed E-state index contributed by atoms with van der Waals surface area (Å²) in [5.41, 5.74) is 1.19. The monoisotopic (exact) mass is 410 g/mol. The first kappa shape index (κ1) is 22.4. The van der Waals surface area contributed by atoms with Crippen molar-refractivity contribution >= 4 is 23.5 Å². The van der Waals surface area contributed by atoms with Crippen LogP contribution in [0.2, 0.25) is 0 Å². The van der Waals surface area contributed by atoms with Gasteiger partial charge in [0.1, 0.15) is 5.75 Å². The smallest absolute Gasteiger partial charge is 0.338 e. The number of nitrogens with one attached hydrogen (secondary N) is 1. The number of esters is 2. The predicted octanol–water partition coefficient (Wildman–Crippen LogP) is 3.32. The number of carbonyl (C=O) groups excluding carboxylic acids is 3. The summed E-state index contributed by atoms with van der Waals surface area (Å²) in [6.07, 6.45) is -0.937. The van der Waals surface area contributed by atoms with Crippen LogP contribution in [0.5, 0.6) is 5.75 Å². The first-order valence-electron chi connectivity index (χ1n) is 9.35. The Hall–Kier alpha value is -3.86. The average Bonchev–Trinajstić information content (AvgIpc) is 2.74. The number of benzene rings is 2. The molecule has 156 valence electrons. The van der Waals surface area contributed by atoms with Gasteiger partial charge in [0.2, 0.25) is 0 Å². The molecule has 0 aliphatic heterocycles. The second-order valence-electron chi connectivity index (χ2n) is 6.13. The summed E-state index contributed by atoms with van der Waals surface area (Å²) in [5, 5.41) is 11.5. The summed E-state index contributed by atoms with van der Waals surface area (Å²) < 4.78 is 15.6. The number of carbonyl (C=O) groups is 3. The molecule has 0 bridgehead atoms. The molecule has 2 aromatic carbocycles. The minimum atomic E-state index is -0.937. The van der Waals surface area contributed by atoms with E-state index in [4.69, 9.17) is 19.5 Å². The standard InChI is InChI=1S/C22H22N2O6/c1-4-28-21(26)16-10-17(22(27)29-5-2)12-19(11-16)30-14(3)20(25)24-18-8-6-15(13-23)7-9-18/h6-12,14H,4-5H2,1-3H3,(H,24,25)/t14-/m1/s1. The van der Waals surface area contributed by atoms with Crippen LogP contribution in [0.3, 0.4) is 0 Å². The van der Waals surface area contributed by atoms with Gasteiger partial charge in [-0.3, -0.25) is 4.79 Å². The third-order valence-electron chi connectivity index (χ3n) is 3.89. The van der Waals surface area contributed by atoms with E-state index < -0.39 is 23.9 Å². The van der Waals surface area contributed by atoms with Crippen molar-refractivity contribution in [1.82, 2.24) is 0 Å². The molecular weight excluding hydrogens is 388 g/mol. The summed E-state index contributed by atoms with van der Waals surface area (Å²) in [5.74, 6) is -1.55. The van der Waals surface area contributed by atoms with E-state index in [2.05, 4.69) is 5.32 Å². The fourth-order valence-electron chi connectivity index (χ4n) is 2.46. The molecule has 0 spiro atoms. The first-order valence-corrected chi connectivity index (χ1v) is 9.35. The number of nitrogens with zero attached hydrogens (tertiary/aromatic N) is 1. The molecule has 0 saturated heterocycles. The van der Waals surface area contributed by atoms with Crippen molar-refractivity contribution in [3.8, 4) is 11.8 Å². The van der Waals surface area contributed by atoms with Crippen LogP contribution in [-0.4, -0.2) is 37.2 Å². The van der Waals surface area contributed by atoms with Crippen molar-refractivity contribution in [3.63, 3.8) is 0 Å². The molecule has 1 atom stereocenters.